The number of amides is 1. The van der Waals surface area contributed by atoms with Gasteiger partial charge in [-0.1, -0.05) is 26.8 Å². The predicted octanol–water partition coefficient (Wildman–Crippen LogP) is 2.92. The van der Waals surface area contributed by atoms with Crippen LogP contribution < -0.4 is 9.47 Å². The average molecular weight is 423 g/mol. The molecule has 1 aliphatic rings. The minimum atomic E-state index is -1.12. The molecule has 0 aromatic heterocycles. The van der Waals surface area contributed by atoms with Crippen molar-refractivity contribution in [3.63, 3.8) is 0 Å². The van der Waals surface area contributed by atoms with Gasteiger partial charge >= 0.3 is 18.0 Å². The summed E-state index contributed by atoms with van der Waals surface area (Å²) in [6.07, 6.45) is -1.53. The number of rotatable bonds is 9. The van der Waals surface area contributed by atoms with Crippen molar-refractivity contribution in [1.29, 1.82) is 0 Å². The molecule has 1 fully saturated rings. The molecule has 9 nitrogen and oxygen atoms in total. The molecule has 0 bridgehead atoms. The summed E-state index contributed by atoms with van der Waals surface area (Å²) in [6.45, 7) is 5.51. The Morgan fingerprint density at radius 3 is 2.50 bits per heavy atom. The highest BCUT2D eigenvalue weighted by molar-refractivity contribution is 5.81. The molecule has 0 spiro atoms. The Morgan fingerprint density at radius 2 is 1.90 bits per heavy atom. The third kappa shape index (κ3) is 6.27. The van der Waals surface area contributed by atoms with Gasteiger partial charge in [0, 0.05) is 30.9 Å². The standard InChI is InChI=1S/C21H29NO8/c1-5-18(23)29-20(13(2)3)30-21(26)22-11-14(9-17(22)19(24)25)12-28-16-8-6-7-15(10-16)27-4/h6-8,10,13-14,17,20H,5,9,11-12H2,1-4H3,(H,24,25)/t14-,17-,20+/m0/s1. The van der Waals surface area contributed by atoms with Crippen LogP contribution in [0.2, 0.25) is 0 Å². The number of benzene rings is 1. The summed E-state index contributed by atoms with van der Waals surface area (Å²) >= 11 is 0. The number of ether oxygens (including phenoxy) is 4. The Morgan fingerprint density at radius 1 is 1.20 bits per heavy atom. The highest BCUT2D eigenvalue weighted by Crippen LogP contribution is 2.27. The van der Waals surface area contributed by atoms with Gasteiger partial charge in [-0.2, -0.15) is 0 Å². The number of esters is 1. The number of carbonyl (C=O) groups is 3. The largest absolute Gasteiger partial charge is 0.497 e. The van der Waals surface area contributed by atoms with E-state index in [1.54, 1.807) is 52.1 Å². The molecule has 1 aliphatic heterocycles. The summed E-state index contributed by atoms with van der Waals surface area (Å²) in [6, 6.07) is 6.04. The lowest BCUT2D eigenvalue weighted by Gasteiger charge is -2.26. The molecule has 1 saturated heterocycles. The molecule has 30 heavy (non-hydrogen) atoms. The number of likely N-dealkylation sites (tertiary alicyclic amines) is 1. The molecule has 1 aromatic carbocycles. The Hall–Kier alpha value is -2.97. The maximum atomic E-state index is 12.6. The van der Waals surface area contributed by atoms with Crippen LogP contribution in [0.15, 0.2) is 24.3 Å². The van der Waals surface area contributed by atoms with Gasteiger partial charge in [0.05, 0.1) is 13.7 Å². The second kappa shape index (κ2) is 10.7. The highest BCUT2D eigenvalue weighted by Gasteiger charge is 2.42. The normalized spacial score (nSPS) is 19.3. The molecule has 0 aliphatic carbocycles. The summed E-state index contributed by atoms with van der Waals surface area (Å²) in [7, 11) is 1.55. The maximum Gasteiger partial charge on any atom is 0.413 e. The fourth-order valence-corrected chi connectivity index (χ4v) is 3.06. The van der Waals surface area contributed by atoms with Gasteiger partial charge in [-0.3, -0.25) is 9.69 Å². The smallest absolute Gasteiger partial charge is 0.413 e. The highest BCUT2D eigenvalue weighted by atomic mass is 16.7. The number of carbonyl (C=O) groups excluding carboxylic acids is 2. The Bertz CT molecular complexity index is 750. The van der Waals surface area contributed by atoms with E-state index in [2.05, 4.69) is 0 Å². The van der Waals surface area contributed by atoms with E-state index in [4.69, 9.17) is 18.9 Å². The number of aliphatic carboxylic acids is 1. The Balaban J connectivity index is 2.00. The molecule has 0 saturated carbocycles. The van der Waals surface area contributed by atoms with E-state index in [0.29, 0.717) is 11.5 Å². The summed E-state index contributed by atoms with van der Waals surface area (Å²) in [5.74, 6) is -0.852. The van der Waals surface area contributed by atoms with Gasteiger partial charge in [0.15, 0.2) is 0 Å². The molecule has 1 amide bonds. The summed E-state index contributed by atoms with van der Waals surface area (Å²) in [5.41, 5.74) is 0. The van der Waals surface area contributed by atoms with Crippen molar-refractivity contribution < 1.29 is 38.4 Å². The van der Waals surface area contributed by atoms with E-state index < -0.39 is 30.4 Å². The summed E-state index contributed by atoms with van der Waals surface area (Å²) in [4.78, 5) is 37.0. The molecule has 1 N–H and O–H groups in total. The molecule has 1 aromatic rings. The van der Waals surface area contributed by atoms with Crippen LogP contribution in [-0.2, 0) is 19.1 Å². The molecule has 0 radical (unpaired) electrons. The number of carboxylic acids is 1. The fraction of sp³-hybridized carbons (Fsp3) is 0.571. The van der Waals surface area contributed by atoms with Crippen molar-refractivity contribution in [2.75, 3.05) is 20.3 Å². The van der Waals surface area contributed by atoms with Gasteiger partial charge in [-0.25, -0.2) is 9.59 Å². The minimum absolute atomic E-state index is 0.145. The first-order chi connectivity index (χ1) is 14.2. The number of carboxylic acid groups (broad SMARTS) is 1. The quantitative estimate of drug-likeness (QED) is 0.477. The van der Waals surface area contributed by atoms with Crippen molar-refractivity contribution in [3.05, 3.63) is 24.3 Å². The number of hydrogen-bond donors (Lipinski definition) is 1. The van der Waals surface area contributed by atoms with E-state index in [1.807, 2.05) is 0 Å². The van der Waals surface area contributed by atoms with Crippen molar-refractivity contribution in [3.8, 4) is 11.5 Å². The number of hydrogen-bond acceptors (Lipinski definition) is 7. The minimum Gasteiger partial charge on any atom is -0.497 e. The van der Waals surface area contributed by atoms with Gasteiger partial charge in [0.25, 0.3) is 6.29 Å². The Kier molecular flexibility index (Phi) is 8.32. The molecule has 9 heteroatoms. The average Bonchev–Trinajstić information content (AvgIpc) is 3.16. The van der Waals surface area contributed by atoms with Crippen LogP contribution in [0, 0.1) is 11.8 Å². The second-order valence-electron chi connectivity index (χ2n) is 7.44. The SMILES string of the molecule is CCC(=O)O[C@H](OC(=O)N1C[C@@H](COc2cccc(OC)c2)C[C@H]1C(=O)O)C(C)C. The van der Waals surface area contributed by atoms with Crippen LogP contribution in [0.3, 0.4) is 0 Å². The van der Waals surface area contributed by atoms with Crippen LogP contribution >= 0.6 is 0 Å². The third-order valence-corrected chi connectivity index (χ3v) is 4.73. The molecule has 2 rings (SSSR count). The Labute approximate surface area is 175 Å². The zero-order chi connectivity index (χ0) is 22.3. The van der Waals surface area contributed by atoms with Gasteiger partial charge in [-0.15, -0.1) is 0 Å². The van der Waals surface area contributed by atoms with Crippen LogP contribution in [0.25, 0.3) is 0 Å². The first kappa shape index (κ1) is 23.3. The molecule has 0 unspecified atom stereocenters. The first-order valence-electron chi connectivity index (χ1n) is 9.91. The second-order valence-corrected chi connectivity index (χ2v) is 7.44. The predicted molar refractivity (Wildman–Crippen MR) is 106 cm³/mol. The van der Waals surface area contributed by atoms with Crippen molar-refractivity contribution in [2.45, 2.75) is 45.9 Å². The topological polar surface area (TPSA) is 112 Å². The zero-order valence-electron chi connectivity index (χ0n) is 17.7. The van der Waals surface area contributed by atoms with E-state index in [-0.39, 0.29) is 37.8 Å². The van der Waals surface area contributed by atoms with E-state index in [0.717, 1.165) is 4.90 Å². The van der Waals surface area contributed by atoms with Crippen molar-refractivity contribution in [1.82, 2.24) is 4.90 Å². The number of nitrogens with zero attached hydrogens (tertiary/aromatic N) is 1. The maximum absolute atomic E-state index is 12.6. The summed E-state index contributed by atoms with van der Waals surface area (Å²) < 4.78 is 21.4. The first-order valence-corrected chi connectivity index (χ1v) is 9.91. The monoisotopic (exact) mass is 423 g/mol. The molecule has 1 heterocycles. The van der Waals surface area contributed by atoms with Gasteiger partial charge < -0.3 is 24.1 Å². The van der Waals surface area contributed by atoms with E-state index in [9.17, 15) is 19.5 Å². The summed E-state index contributed by atoms with van der Waals surface area (Å²) in [5, 5.41) is 9.54. The van der Waals surface area contributed by atoms with Crippen molar-refractivity contribution >= 4 is 18.0 Å². The van der Waals surface area contributed by atoms with Gasteiger partial charge in [0.2, 0.25) is 0 Å². The lowest BCUT2D eigenvalue weighted by atomic mass is 10.1. The van der Waals surface area contributed by atoms with Crippen molar-refractivity contribution in [2.24, 2.45) is 11.8 Å². The molecule has 3 atom stereocenters. The fourth-order valence-electron chi connectivity index (χ4n) is 3.06. The number of methoxy groups -OCH3 is 1. The van der Waals surface area contributed by atoms with E-state index >= 15 is 0 Å². The van der Waals surface area contributed by atoms with Crippen LogP contribution in [-0.4, -0.2) is 60.6 Å². The molecular weight excluding hydrogens is 394 g/mol. The lowest BCUT2D eigenvalue weighted by molar-refractivity contribution is -0.177. The third-order valence-electron chi connectivity index (χ3n) is 4.73. The zero-order valence-corrected chi connectivity index (χ0v) is 17.7. The molecule has 166 valence electrons. The van der Waals surface area contributed by atoms with Gasteiger partial charge in [-0.05, 0) is 18.6 Å². The molecular formula is C21H29NO8. The van der Waals surface area contributed by atoms with E-state index in [1.165, 1.54) is 0 Å². The van der Waals surface area contributed by atoms with Crippen LogP contribution in [0.4, 0.5) is 4.79 Å². The van der Waals surface area contributed by atoms with Crippen LogP contribution in [0.5, 0.6) is 11.5 Å². The lowest BCUT2D eigenvalue weighted by Crippen LogP contribution is -2.43. The van der Waals surface area contributed by atoms with Gasteiger partial charge in [0.1, 0.15) is 17.5 Å². The van der Waals surface area contributed by atoms with Crippen LogP contribution in [0.1, 0.15) is 33.6 Å².